The maximum Gasteiger partial charge on any atom is 0.224 e. The van der Waals surface area contributed by atoms with Gasteiger partial charge in [-0.05, 0) is 19.8 Å². The summed E-state index contributed by atoms with van der Waals surface area (Å²) in [6, 6.07) is 0. The lowest BCUT2D eigenvalue weighted by atomic mass is 9.94. The van der Waals surface area contributed by atoms with Gasteiger partial charge in [-0.2, -0.15) is 15.1 Å². The van der Waals surface area contributed by atoms with Gasteiger partial charge in [-0.15, -0.1) is 0 Å². The molecule has 3 heterocycles. The Hall–Kier alpha value is -1.92. The molecule has 6 nitrogen and oxygen atoms in total. The van der Waals surface area contributed by atoms with E-state index in [0.29, 0.717) is 12.2 Å². The van der Waals surface area contributed by atoms with Gasteiger partial charge in [-0.25, -0.2) is 4.39 Å². The van der Waals surface area contributed by atoms with E-state index in [-0.39, 0.29) is 11.9 Å². The number of H-pyrrole nitrogens is 1. The van der Waals surface area contributed by atoms with E-state index >= 15 is 0 Å². The van der Waals surface area contributed by atoms with Gasteiger partial charge in [-0.3, -0.25) is 5.10 Å². The first-order chi connectivity index (χ1) is 10.1. The Kier molecular flexibility index (Phi) is 4.93. The second-order valence-electron chi connectivity index (χ2n) is 5.06. The van der Waals surface area contributed by atoms with Crippen LogP contribution < -0.4 is 10.6 Å². The Bertz CT molecular complexity index is 582. The number of nitrogen functional groups attached to an aromatic ring is 1. The first-order valence-electron chi connectivity index (χ1n) is 7.51. The minimum Gasteiger partial charge on any atom is -0.368 e. The van der Waals surface area contributed by atoms with E-state index in [1.165, 1.54) is 0 Å². The van der Waals surface area contributed by atoms with Crippen LogP contribution in [0.1, 0.15) is 33.6 Å². The summed E-state index contributed by atoms with van der Waals surface area (Å²) in [4.78, 5) is 10.5. The van der Waals surface area contributed by atoms with Gasteiger partial charge in [0, 0.05) is 19.0 Å². The molecule has 2 aromatic rings. The molecule has 7 heteroatoms. The van der Waals surface area contributed by atoms with Gasteiger partial charge in [0.15, 0.2) is 5.65 Å². The molecule has 2 aromatic heterocycles. The molecule has 0 radical (unpaired) electrons. The van der Waals surface area contributed by atoms with E-state index in [2.05, 4.69) is 25.1 Å². The SMILES string of the molecule is CC.CC(F)C1CCCN(c2nc(N)nc3[nH]ncc23)C1. The molecule has 0 spiro atoms. The summed E-state index contributed by atoms with van der Waals surface area (Å²) in [5.74, 6) is 1.01. The van der Waals surface area contributed by atoms with Crippen LogP contribution in [0.3, 0.4) is 0 Å². The van der Waals surface area contributed by atoms with Crippen LogP contribution in [0, 0.1) is 5.92 Å². The molecule has 0 bridgehead atoms. The normalized spacial score (nSPS) is 20.0. The monoisotopic (exact) mass is 294 g/mol. The molecule has 1 saturated heterocycles. The van der Waals surface area contributed by atoms with Crippen molar-refractivity contribution in [3.63, 3.8) is 0 Å². The van der Waals surface area contributed by atoms with Gasteiger partial charge in [0.2, 0.25) is 5.95 Å². The predicted octanol–water partition coefficient (Wildman–Crippen LogP) is 2.54. The summed E-state index contributed by atoms with van der Waals surface area (Å²) in [6.45, 7) is 7.14. The van der Waals surface area contributed by atoms with Crippen molar-refractivity contribution in [1.82, 2.24) is 20.2 Å². The fourth-order valence-corrected chi connectivity index (χ4v) is 2.65. The third-order valence-corrected chi connectivity index (χ3v) is 3.71. The average Bonchev–Trinajstić information content (AvgIpc) is 2.96. The van der Waals surface area contributed by atoms with Gasteiger partial charge in [0.05, 0.1) is 11.6 Å². The molecule has 1 aliphatic rings. The number of piperidine rings is 1. The van der Waals surface area contributed by atoms with Crippen LogP contribution in [-0.2, 0) is 0 Å². The zero-order valence-corrected chi connectivity index (χ0v) is 12.8. The lowest BCUT2D eigenvalue weighted by Gasteiger charge is -2.34. The van der Waals surface area contributed by atoms with E-state index in [1.54, 1.807) is 13.1 Å². The number of anilines is 2. The predicted molar refractivity (Wildman–Crippen MR) is 83.0 cm³/mol. The first kappa shape index (κ1) is 15.5. The quantitative estimate of drug-likeness (QED) is 0.889. The number of rotatable bonds is 2. The summed E-state index contributed by atoms with van der Waals surface area (Å²) >= 11 is 0. The fourth-order valence-electron chi connectivity index (χ4n) is 2.65. The van der Waals surface area contributed by atoms with Crippen molar-refractivity contribution in [2.24, 2.45) is 5.92 Å². The van der Waals surface area contributed by atoms with E-state index in [4.69, 9.17) is 5.73 Å². The second kappa shape index (κ2) is 6.69. The topological polar surface area (TPSA) is 83.7 Å². The number of halogens is 1. The maximum atomic E-state index is 13.5. The van der Waals surface area contributed by atoms with Crippen molar-refractivity contribution in [2.45, 2.75) is 39.8 Å². The fraction of sp³-hybridized carbons (Fsp3) is 0.643. The highest BCUT2D eigenvalue weighted by molar-refractivity contribution is 5.87. The Morgan fingerprint density at radius 3 is 2.90 bits per heavy atom. The Labute approximate surface area is 123 Å². The first-order valence-corrected chi connectivity index (χ1v) is 7.51. The molecule has 0 amide bonds. The third kappa shape index (κ3) is 3.22. The number of nitrogens with one attached hydrogen (secondary N) is 1. The molecule has 21 heavy (non-hydrogen) atoms. The minimum atomic E-state index is -0.804. The van der Waals surface area contributed by atoms with Crippen LogP contribution in [0.4, 0.5) is 16.2 Å². The van der Waals surface area contributed by atoms with Gasteiger partial charge in [0.25, 0.3) is 0 Å². The van der Waals surface area contributed by atoms with Crippen LogP contribution in [0.5, 0.6) is 0 Å². The Balaban J connectivity index is 0.000000774. The number of nitrogens with two attached hydrogens (primary N) is 1. The van der Waals surface area contributed by atoms with E-state index in [1.807, 2.05) is 13.8 Å². The zero-order valence-electron chi connectivity index (χ0n) is 12.8. The molecule has 3 rings (SSSR count). The number of nitrogens with zero attached hydrogens (tertiary/aromatic N) is 4. The van der Waals surface area contributed by atoms with Crippen molar-refractivity contribution in [3.8, 4) is 0 Å². The lowest BCUT2D eigenvalue weighted by Crippen LogP contribution is -2.39. The van der Waals surface area contributed by atoms with Crippen molar-refractivity contribution >= 4 is 22.8 Å². The highest BCUT2D eigenvalue weighted by atomic mass is 19.1. The summed E-state index contributed by atoms with van der Waals surface area (Å²) < 4.78 is 13.5. The standard InChI is InChI=1S/C12H17FN6.C2H6/c1-7(13)8-3-2-4-19(6-8)11-9-5-15-18-10(9)16-12(14)17-11;1-2/h5,7-8H,2-4,6H2,1H3,(H3,14,15,16,17,18);1-2H3. The van der Waals surface area contributed by atoms with Crippen molar-refractivity contribution in [2.75, 3.05) is 23.7 Å². The molecule has 3 N–H and O–H groups in total. The Morgan fingerprint density at radius 1 is 1.43 bits per heavy atom. The number of aromatic amines is 1. The summed E-state index contributed by atoms with van der Waals surface area (Å²) in [5, 5.41) is 7.59. The van der Waals surface area contributed by atoms with Crippen LogP contribution in [0.2, 0.25) is 0 Å². The van der Waals surface area contributed by atoms with Gasteiger partial charge >= 0.3 is 0 Å². The zero-order chi connectivity index (χ0) is 15.4. The van der Waals surface area contributed by atoms with Crippen molar-refractivity contribution in [1.29, 1.82) is 0 Å². The van der Waals surface area contributed by atoms with Gasteiger partial charge < -0.3 is 10.6 Å². The minimum absolute atomic E-state index is 0.0480. The maximum absolute atomic E-state index is 13.5. The summed E-state index contributed by atoms with van der Waals surface area (Å²) in [6.07, 6.45) is 2.76. The van der Waals surface area contributed by atoms with Gasteiger partial charge in [0.1, 0.15) is 12.0 Å². The van der Waals surface area contributed by atoms with Crippen LogP contribution in [0.25, 0.3) is 11.0 Å². The summed E-state index contributed by atoms with van der Waals surface area (Å²) in [7, 11) is 0. The molecule has 2 unspecified atom stereocenters. The van der Waals surface area contributed by atoms with Crippen LogP contribution in [0.15, 0.2) is 6.20 Å². The molecule has 1 fully saturated rings. The van der Waals surface area contributed by atoms with E-state index in [0.717, 1.165) is 30.6 Å². The average molecular weight is 294 g/mol. The largest absolute Gasteiger partial charge is 0.368 e. The highest BCUT2D eigenvalue weighted by Gasteiger charge is 2.26. The highest BCUT2D eigenvalue weighted by Crippen LogP contribution is 2.29. The molecule has 0 aromatic carbocycles. The number of alkyl halides is 1. The molecule has 2 atom stereocenters. The smallest absolute Gasteiger partial charge is 0.224 e. The molecule has 0 aliphatic carbocycles. The third-order valence-electron chi connectivity index (χ3n) is 3.71. The van der Waals surface area contributed by atoms with Crippen molar-refractivity contribution < 1.29 is 4.39 Å². The van der Waals surface area contributed by atoms with Crippen LogP contribution in [-0.4, -0.2) is 39.4 Å². The second-order valence-corrected chi connectivity index (χ2v) is 5.06. The van der Waals surface area contributed by atoms with Crippen molar-refractivity contribution in [3.05, 3.63) is 6.20 Å². The number of aromatic nitrogens is 4. The number of fused-ring (bicyclic) bond motifs is 1. The Morgan fingerprint density at radius 2 is 2.19 bits per heavy atom. The lowest BCUT2D eigenvalue weighted by molar-refractivity contribution is 0.222. The molecule has 1 aliphatic heterocycles. The molecule has 116 valence electrons. The number of hydrogen-bond acceptors (Lipinski definition) is 5. The van der Waals surface area contributed by atoms with E-state index < -0.39 is 6.17 Å². The summed E-state index contributed by atoms with van der Waals surface area (Å²) in [5.41, 5.74) is 6.34. The molecule has 0 saturated carbocycles. The van der Waals surface area contributed by atoms with Gasteiger partial charge in [-0.1, -0.05) is 13.8 Å². The molecular weight excluding hydrogens is 271 g/mol. The van der Waals surface area contributed by atoms with E-state index in [9.17, 15) is 4.39 Å². The van der Waals surface area contributed by atoms with Crippen LogP contribution >= 0.6 is 0 Å². The molecular formula is C14H23FN6. The number of hydrogen-bond donors (Lipinski definition) is 2.